The summed E-state index contributed by atoms with van der Waals surface area (Å²) in [7, 11) is 0. The van der Waals surface area contributed by atoms with Crippen molar-refractivity contribution < 1.29 is 19.4 Å². The molecule has 0 aliphatic carbocycles. The number of halogens is 1. The molecule has 0 atom stereocenters. The minimum Gasteiger partial charge on any atom is -0.478 e. The molecule has 0 bridgehead atoms. The molecule has 0 amide bonds. The number of carbonyl (C=O) groups is 1. The van der Waals surface area contributed by atoms with Crippen molar-refractivity contribution in [3.8, 4) is 11.3 Å². The van der Waals surface area contributed by atoms with Crippen LogP contribution in [0.3, 0.4) is 0 Å². The van der Waals surface area contributed by atoms with Gasteiger partial charge in [0.25, 0.3) is 0 Å². The first-order valence-electron chi connectivity index (χ1n) is 6.05. The summed E-state index contributed by atoms with van der Waals surface area (Å²) in [6, 6.07) is 7.98. The van der Waals surface area contributed by atoms with Crippen LogP contribution in [0.4, 0.5) is 0 Å². The number of benzene rings is 1. The van der Waals surface area contributed by atoms with Gasteiger partial charge in [-0.3, -0.25) is 0 Å². The Kier molecular flexibility index (Phi) is 4.79. The van der Waals surface area contributed by atoms with Crippen LogP contribution in [0.25, 0.3) is 11.3 Å². The van der Waals surface area contributed by atoms with Gasteiger partial charge >= 0.3 is 5.97 Å². The molecule has 1 aromatic heterocycles. The van der Waals surface area contributed by atoms with E-state index in [9.17, 15) is 4.79 Å². The van der Waals surface area contributed by atoms with Crippen LogP contribution >= 0.6 is 11.6 Å². The molecule has 1 heterocycles. The minimum absolute atomic E-state index is 0.0556. The van der Waals surface area contributed by atoms with Gasteiger partial charge in [0, 0.05) is 12.1 Å². The van der Waals surface area contributed by atoms with E-state index in [4.69, 9.17) is 26.2 Å². The van der Waals surface area contributed by atoms with Crippen molar-refractivity contribution in [3.63, 3.8) is 0 Å². The lowest BCUT2D eigenvalue weighted by atomic mass is 10.1. The number of aromatic carboxylic acids is 1. The lowest BCUT2D eigenvalue weighted by molar-refractivity contribution is 0.0697. The van der Waals surface area contributed by atoms with Crippen LogP contribution in [0, 0.1) is 0 Å². The number of hydrogen-bond donors (Lipinski definition) is 3. The molecule has 5 nitrogen and oxygen atoms in total. The van der Waals surface area contributed by atoms with Crippen LogP contribution in [0.15, 0.2) is 34.7 Å². The zero-order chi connectivity index (χ0) is 14.5. The van der Waals surface area contributed by atoms with Crippen LogP contribution in [0.1, 0.15) is 16.1 Å². The smallest absolute Gasteiger partial charge is 0.335 e. The van der Waals surface area contributed by atoms with Crippen molar-refractivity contribution in [3.05, 3.63) is 46.7 Å². The van der Waals surface area contributed by atoms with Crippen molar-refractivity contribution in [2.75, 3.05) is 13.2 Å². The van der Waals surface area contributed by atoms with E-state index < -0.39 is 5.97 Å². The molecule has 6 heteroatoms. The molecule has 0 spiro atoms. The topological polar surface area (TPSA) is 82.7 Å². The summed E-state index contributed by atoms with van der Waals surface area (Å²) in [6.45, 7) is 1.02. The summed E-state index contributed by atoms with van der Waals surface area (Å²) in [4.78, 5) is 11.0. The van der Waals surface area contributed by atoms with Gasteiger partial charge in [0.2, 0.25) is 0 Å². The summed E-state index contributed by atoms with van der Waals surface area (Å²) in [5, 5.41) is 21.1. The van der Waals surface area contributed by atoms with E-state index in [1.54, 1.807) is 12.1 Å². The Hall–Kier alpha value is -1.82. The molecule has 2 rings (SSSR count). The van der Waals surface area contributed by atoms with E-state index >= 15 is 0 Å². The third-order valence-electron chi connectivity index (χ3n) is 2.73. The molecule has 0 saturated heterocycles. The standard InChI is InChI=1S/C14H14ClNO4/c15-12-3-1-9(14(18)19)7-11(12)13-4-2-10(20-13)8-16-5-6-17/h1-4,7,16-17H,5-6,8H2,(H,18,19). The normalized spacial score (nSPS) is 10.7. The van der Waals surface area contributed by atoms with Gasteiger partial charge in [-0.2, -0.15) is 0 Å². The molecule has 0 fully saturated rings. The third-order valence-corrected chi connectivity index (χ3v) is 3.06. The van der Waals surface area contributed by atoms with E-state index in [1.165, 1.54) is 18.2 Å². The first-order chi connectivity index (χ1) is 9.61. The summed E-state index contributed by atoms with van der Waals surface area (Å²) in [5.41, 5.74) is 0.695. The van der Waals surface area contributed by atoms with E-state index in [0.29, 0.717) is 35.2 Å². The molecule has 20 heavy (non-hydrogen) atoms. The number of furan rings is 1. The van der Waals surface area contributed by atoms with E-state index in [0.717, 1.165) is 0 Å². The monoisotopic (exact) mass is 295 g/mol. The van der Waals surface area contributed by atoms with Gasteiger partial charge in [-0.25, -0.2) is 4.79 Å². The maximum atomic E-state index is 11.0. The van der Waals surface area contributed by atoms with Gasteiger partial charge in [-0.1, -0.05) is 11.6 Å². The second-order valence-corrected chi connectivity index (χ2v) is 4.57. The predicted octanol–water partition coefficient (Wildman–Crippen LogP) is 2.38. The van der Waals surface area contributed by atoms with Crippen molar-refractivity contribution in [1.29, 1.82) is 0 Å². The quantitative estimate of drug-likeness (QED) is 0.713. The van der Waals surface area contributed by atoms with Crippen molar-refractivity contribution >= 4 is 17.6 Å². The number of aliphatic hydroxyl groups is 1. The summed E-state index contributed by atoms with van der Waals surface area (Å²) >= 11 is 6.07. The highest BCUT2D eigenvalue weighted by Gasteiger charge is 2.12. The molecule has 0 aliphatic rings. The Morgan fingerprint density at radius 3 is 2.80 bits per heavy atom. The van der Waals surface area contributed by atoms with Gasteiger partial charge in [0.05, 0.1) is 23.7 Å². The average Bonchev–Trinajstić information content (AvgIpc) is 2.88. The second kappa shape index (κ2) is 6.56. The maximum absolute atomic E-state index is 11.0. The zero-order valence-electron chi connectivity index (χ0n) is 10.6. The highest BCUT2D eigenvalue weighted by atomic mass is 35.5. The largest absolute Gasteiger partial charge is 0.478 e. The first kappa shape index (κ1) is 14.6. The number of rotatable bonds is 6. The molecule has 2 aromatic rings. The molecule has 3 N–H and O–H groups in total. The van der Waals surface area contributed by atoms with Crippen LogP contribution in [0.2, 0.25) is 5.02 Å². The SMILES string of the molecule is O=C(O)c1ccc(Cl)c(-c2ccc(CNCCO)o2)c1. The summed E-state index contributed by atoms with van der Waals surface area (Å²) in [5.74, 6) is 0.184. The molecular formula is C14H14ClNO4. The van der Waals surface area contributed by atoms with Gasteiger partial charge < -0.3 is 19.9 Å². The average molecular weight is 296 g/mol. The predicted molar refractivity (Wildman–Crippen MR) is 74.9 cm³/mol. The molecule has 106 valence electrons. The van der Waals surface area contributed by atoms with Gasteiger partial charge in [-0.05, 0) is 30.3 Å². The fraction of sp³-hybridized carbons (Fsp3) is 0.214. The Morgan fingerprint density at radius 2 is 2.10 bits per heavy atom. The van der Waals surface area contributed by atoms with Crippen molar-refractivity contribution in [2.45, 2.75) is 6.54 Å². The molecule has 1 aromatic carbocycles. The second-order valence-electron chi connectivity index (χ2n) is 4.17. The number of carboxylic acids is 1. The Labute approximate surface area is 120 Å². The Bertz CT molecular complexity index is 609. The fourth-order valence-corrected chi connectivity index (χ4v) is 1.97. The van der Waals surface area contributed by atoms with E-state index in [1.807, 2.05) is 0 Å². The highest BCUT2D eigenvalue weighted by Crippen LogP contribution is 2.30. The maximum Gasteiger partial charge on any atom is 0.335 e. The Morgan fingerprint density at radius 1 is 1.30 bits per heavy atom. The number of aliphatic hydroxyl groups excluding tert-OH is 1. The van der Waals surface area contributed by atoms with Crippen molar-refractivity contribution in [1.82, 2.24) is 5.32 Å². The van der Waals surface area contributed by atoms with Gasteiger partial charge in [-0.15, -0.1) is 0 Å². The van der Waals surface area contributed by atoms with E-state index in [2.05, 4.69) is 5.32 Å². The van der Waals surface area contributed by atoms with Gasteiger partial charge in [0.15, 0.2) is 0 Å². The van der Waals surface area contributed by atoms with Crippen LogP contribution < -0.4 is 5.32 Å². The zero-order valence-corrected chi connectivity index (χ0v) is 11.4. The van der Waals surface area contributed by atoms with Crippen LogP contribution in [-0.4, -0.2) is 29.3 Å². The third kappa shape index (κ3) is 3.39. The first-order valence-corrected chi connectivity index (χ1v) is 6.43. The minimum atomic E-state index is -1.01. The fourth-order valence-electron chi connectivity index (χ4n) is 1.76. The van der Waals surface area contributed by atoms with Crippen LogP contribution in [0.5, 0.6) is 0 Å². The van der Waals surface area contributed by atoms with E-state index in [-0.39, 0.29) is 12.2 Å². The van der Waals surface area contributed by atoms with Crippen LogP contribution in [-0.2, 0) is 6.54 Å². The molecule has 0 unspecified atom stereocenters. The number of nitrogens with one attached hydrogen (secondary N) is 1. The highest BCUT2D eigenvalue weighted by molar-refractivity contribution is 6.33. The molecule has 0 aliphatic heterocycles. The lowest BCUT2D eigenvalue weighted by Gasteiger charge is -2.03. The molecular weight excluding hydrogens is 282 g/mol. The van der Waals surface area contributed by atoms with Gasteiger partial charge in [0.1, 0.15) is 11.5 Å². The molecule has 0 radical (unpaired) electrons. The lowest BCUT2D eigenvalue weighted by Crippen LogP contribution is -2.16. The molecule has 0 saturated carbocycles. The van der Waals surface area contributed by atoms with Crippen molar-refractivity contribution in [2.24, 2.45) is 0 Å². The number of hydrogen-bond acceptors (Lipinski definition) is 4. The summed E-state index contributed by atoms with van der Waals surface area (Å²) in [6.07, 6.45) is 0. The number of carboxylic acid groups (broad SMARTS) is 1. The Balaban J connectivity index is 2.23. The summed E-state index contributed by atoms with van der Waals surface area (Å²) < 4.78 is 5.61.